The number of carboxylic acid groups (broad SMARTS) is 1. The van der Waals surface area contributed by atoms with Gasteiger partial charge in [0, 0.05) is 17.8 Å². The van der Waals surface area contributed by atoms with E-state index in [9.17, 15) is 19.8 Å². The van der Waals surface area contributed by atoms with Crippen molar-refractivity contribution in [2.45, 2.75) is 6.54 Å². The van der Waals surface area contributed by atoms with E-state index in [-0.39, 0.29) is 28.3 Å². The Balaban J connectivity index is 2.01. The number of nitrogens with zero attached hydrogens (tertiary/aromatic N) is 3. The number of carbonyl (C=O) groups is 2. The maximum atomic E-state index is 13.6. The Bertz CT molecular complexity index is 1130. The molecule has 0 aliphatic carbocycles. The highest BCUT2D eigenvalue weighted by atomic mass is 35.5. The molecular weight excluding hydrogens is 402 g/mol. The first-order valence-corrected chi connectivity index (χ1v) is 9.41. The second-order valence-corrected chi connectivity index (χ2v) is 7.83. The zero-order valence-corrected chi connectivity index (χ0v) is 15.9. The van der Waals surface area contributed by atoms with E-state index in [1.807, 2.05) is 0 Å². The maximum absolute atomic E-state index is 13.6. The smallest absolute Gasteiger partial charge is 0.459 e. The number of halogens is 1. The largest absolute Gasteiger partial charge is 0.532 e. The van der Waals surface area contributed by atoms with E-state index in [0.717, 1.165) is 11.3 Å². The van der Waals surface area contributed by atoms with E-state index in [0.29, 0.717) is 10.4 Å². The molecule has 1 aromatic carbocycles. The first-order valence-electron chi connectivity index (χ1n) is 8.22. The fourth-order valence-corrected chi connectivity index (χ4v) is 4.32. The third kappa shape index (κ3) is 2.70. The number of imide groups is 1. The molecule has 2 aromatic heterocycles. The van der Waals surface area contributed by atoms with E-state index in [4.69, 9.17) is 11.6 Å². The summed E-state index contributed by atoms with van der Waals surface area (Å²) in [6.45, 7) is -0.188. The maximum Gasteiger partial charge on any atom is 0.532 e. The number of carbonyl (C=O) groups excluding carboxylic acids is 1. The molecule has 0 saturated carbocycles. The summed E-state index contributed by atoms with van der Waals surface area (Å²) in [7, 11) is 0. The fraction of sp³-hybridized carbons (Fsp3) is 0.0526. The van der Waals surface area contributed by atoms with Crippen LogP contribution in [0.2, 0.25) is 4.47 Å². The van der Waals surface area contributed by atoms with Crippen molar-refractivity contribution in [1.82, 2.24) is 9.47 Å². The number of hydrogen-bond acceptors (Lipinski definition) is 5. The topological polar surface area (TPSA) is 91.4 Å². The number of rotatable bonds is 3. The number of quaternary nitrogens is 1. The lowest BCUT2D eigenvalue weighted by Crippen LogP contribution is -2.65. The van der Waals surface area contributed by atoms with Gasteiger partial charge in [-0.2, -0.15) is 4.79 Å². The Hall–Kier alpha value is -3.07. The third-order valence-electron chi connectivity index (χ3n) is 4.55. The number of pyridine rings is 1. The zero-order valence-electron chi connectivity index (χ0n) is 14.3. The van der Waals surface area contributed by atoms with Crippen LogP contribution in [0.1, 0.15) is 10.4 Å². The average Bonchev–Trinajstić information content (AvgIpc) is 3.10. The van der Waals surface area contributed by atoms with Crippen molar-refractivity contribution in [2.75, 3.05) is 0 Å². The molecule has 3 aromatic rings. The van der Waals surface area contributed by atoms with Gasteiger partial charge in [0.15, 0.2) is 16.2 Å². The number of aliphatic hydroxyl groups excluding tert-OH is 1. The number of thiazole rings is 1. The van der Waals surface area contributed by atoms with Crippen LogP contribution in [0.15, 0.2) is 60.9 Å². The van der Waals surface area contributed by atoms with Crippen molar-refractivity contribution < 1.29 is 24.4 Å². The molecule has 1 aliphatic rings. The lowest BCUT2D eigenvalue weighted by Gasteiger charge is -2.29. The van der Waals surface area contributed by atoms with Gasteiger partial charge in [0.05, 0.1) is 10.9 Å². The minimum atomic E-state index is -1.37. The average molecular weight is 416 g/mol. The van der Waals surface area contributed by atoms with Gasteiger partial charge in [-0.05, 0) is 6.07 Å². The minimum absolute atomic E-state index is 0.0673. The summed E-state index contributed by atoms with van der Waals surface area (Å²) >= 11 is 7.01. The van der Waals surface area contributed by atoms with Crippen LogP contribution in [-0.2, 0) is 11.3 Å². The van der Waals surface area contributed by atoms with E-state index >= 15 is 0 Å². The fourth-order valence-electron chi connectivity index (χ4n) is 3.29. The highest BCUT2D eigenvalue weighted by molar-refractivity contribution is 7.15. The van der Waals surface area contributed by atoms with Gasteiger partial charge in [-0.15, -0.1) is 11.3 Å². The van der Waals surface area contributed by atoms with Crippen LogP contribution in [0.3, 0.4) is 0 Å². The Morgan fingerprint density at radius 3 is 2.54 bits per heavy atom. The van der Waals surface area contributed by atoms with Gasteiger partial charge in [-0.3, -0.25) is 0 Å². The molecule has 0 saturated heterocycles. The summed E-state index contributed by atoms with van der Waals surface area (Å²) in [5.41, 5.74) is 0.361. The quantitative estimate of drug-likeness (QED) is 0.502. The Kier molecular flexibility index (Phi) is 4.46. The van der Waals surface area contributed by atoms with Crippen LogP contribution in [-0.4, -0.2) is 27.2 Å². The number of aliphatic hydroxyl groups is 1. The van der Waals surface area contributed by atoms with Gasteiger partial charge in [-0.25, -0.2) is 9.78 Å². The zero-order chi connectivity index (χ0) is 19.9. The lowest BCUT2D eigenvalue weighted by molar-refractivity contribution is -0.592. The second kappa shape index (κ2) is 6.83. The molecule has 2 amide bonds. The van der Waals surface area contributed by atoms with Gasteiger partial charge in [0.2, 0.25) is 0 Å². The van der Waals surface area contributed by atoms with Crippen molar-refractivity contribution in [3.05, 3.63) is 75.8 Å². The number of aromatic nitrogens is 2. The minimum Gasteiger partial charge on any atom is -0.459 e. The molecule has 28 heavy (non-hydrogen) atoms. The number of benzene rings is 1. The Morgan fingerprint density at radius 1 is 1.18 bits per heavy atom. The van der Waals surface area contributed by atoms with Gasteiger partial charge in [0.25, 0.3) is 0 Å². The van der Waals surface area contributed by atoms with Crippen molar-refractivity contribution >= 4 is 52.2 Å². The summed E-state index contributed by atoms with van der Waals surface area (Å²) < 4.78 is 0.527. The molecule has 0 radical (unpaired) electrons. The second-order valence-electron chi connectivity index (χ2n) is 6.13. The molecule has 0 fully saturated rings. The van der Waals surface area contributed by atoms with Crippen LogP contribution in [0.4, 0.5) is 10.6 Å². The summed E-state index contributed by atoms with van der Waals surface area (Å²) in [5.74, 6) is -0.947. The molecule has 4 rings (SSSR count). The van der Waals surface area contributed by atoms with Crippen molar-refractivity contribution in [1.29, 1.82) is 0 Å². The van der Waals surface area contributed by atoms with E-state index in [2.05, 4.69) is 4.98 Å². The number of hydrogen-bond donors (Lipinski definition) is 2. The molecule has 1 unspecified atom stereocenters. The molecular formula is C19H14ClN3O4S+2. The van der Waals surface area contributed by atoms with E-state index in [1.165, 1.54) is 23.0 Å². The molecule has 1 atom stereocenters. The highest BCUT2D eigenvalue weighted by Crippen LogP contribution is 2.36. The van der Waals surface area contributed by atoms with Crippen LogP contribution in [0.5, 0.6) is 0 Å². The molecule has 0 bridgehead atoms. The van der Waals surface area contributed by atoms with Crippen molar-refractivity contribution in [3.8, 4) is 0 Å². The van der Waals surface area contributed by atoms with Crippen molar-refractivity contribution in [3.63, 3.8) is 0 Å². The molecule has 0 spiro atoms. The van der Waals surface area contributed by atoms with Gasteiger partial charge in [0.1, 0.15) is 6.54 Å². The summed E-state index contributed by atoms with van der Waals surface area (Å²) in [4.78, 5) is 30.6. The molecule has 9 heteroatoms. The third-order valence-corrected chi connectivity index (χ3v) is 5.65. The van der Waals surface area contributed by atoms with Crippen molar-refractivity contribution in [2.24, 2.45) is 0 Å². The Morgan fingerprint density at radius 2 is 1.89 bits per heavy atom. The van der Waals surface area contributed by atoms with Crippen LogP contribution >= 0.6 is 22.9 Å². The first kappa shape index (κ1) is 18.3. The Labute approximate surface area is 168 Å². The molecule has 140 valence electrons. The monoisotopic (exact) mass is 415 g/mol. The van der Waals surface area contributed by atoms with Crippen LogP contribution in [0.25, 0.3) is 11.5 Å². The number of amides is 2. The standard InChI is InChI=1S/C19H12ClN3O4S/c20-18-21-10-13(28-18)11-23(19(26)27)14-8-4-5-9-22(14)16(24)15(17(23)25)12-6-2-1-3-7-12/h1-10H,11H2/p+2. The van der Waals surface area contributed by atoms with Gasteiger partial charge < -0.3 is 10.2 Å². The summed E-state index contributed by atoms with van der Waals surface area (Å²) in [6.07, 6.45) is 1.61. The SMILES string of the molecule is O=C(O)[N+]1(Cc2cnc(Cl)s2)C(=O)C(c2ccccc2)=C(O)[n+]2ccccc21. The van der Waals surface area contributed by atoms with E-state index < -0.39 is 16.5 Å². The first-order chi connectivity index (χ1) is 13.4. The van der Waals surface area contributed by atoms with Crippen LogP contribution < -0.4 is 9.05 Å². The highest BCUT2D eigenvalue weighted by Gasteiger charge is 2.61. The molecule has 3 heterocycles. The predicted octanol–water partition coefficient (Wildman–Crippen LogP) is 3.69. The molecule has 2 N–H and O–H groups in total. The van der Waals surface area contributed by atoms with E-state index in [1.54, 1.807) is 42.5 Å². The number of fused-ring (bicyclic) bond motifs is 1. The predicted molar refractivity (Wildman–Crippen MR) is 104 cm³/mol. The van der Waals surface area contributed by atoms with Gasteiger partial charge in [-0.1, -0.05) is 51.0 Å². The van der Waals surface area contributed by atoms with Crippen LogP contribution in [0, 0.1) is 0 Å². The lowest BCUT2D eigenvalue weighted by atomic mass is 10.0. The molecule has 7 nitrogen and oxygen atoms in total. The molecule has 1 aliphatic heterocycles. The normalized spacial score (nSPS) is 18.8. The van der Waals surface area contributed by atoms with Gasteiger partial charge >= 0.3 is 23.7 Å². The summed E-state index contributed by atoms with van der Waals surface area (Å²) in [5, 5.41) is 21.0. The summed E-state index contributed by atoms with van der Waals surface area (Å²) in [6, 6.07) is 13.3.